The van der Waals surface area contributed by atoms with Crippen molar-refractivity contribution >= 4 is 34.8 Å². The number of benzene rings is 2. The summed E-state index contributed by atoms with van der Waals surface area (Å²) in [5.74, 6) is 0.244. The van der Waals surface area contributed by atoms with Crippen LogP contribution in [0.1, 0.15) is 18.1 Å². The molecular formula is C17H17Cl2NO2. The highest BCUT2D eigenvalue weighted by molar-refractivity contribution is 6.34. The number of carbonyl (C=O) groups is 1. The summed E-state index contributed by atoms with van der Waals surface area (Å²) < 4.78 is 5.43. The van der Waals surface area contributed by atoms with E-state index in [0.29, 0.717) is 15.8 Å². The molecule has 0 saturated carbocycles. The van der Waals surface area contributed by atoms with Crippen molar-refractivity contribution in [3.8, 4) is 5.75 Å². The number of halogens is 2. The molecule has 22 heavy (non-hydrogen) atoms. The predicted octanol–water partition coefficient (Wildman–Crippen LogP) is 4.88. The van der Waals surface area contributed by atoms with Crippen molar-refractivity contribution in [2.24, 2.45) is 0 Å². The summed E-state index contributed by atoms with van der Waals surface area (Å²) in [5.41, 5.74) is 2.97. The fourth-order valence-corrected chi connectivity index (χ4v) is 2.64. The van der Waals surface area contributed by atoms with E-state index < -0.39 is 0 Å². The van der Waals surface area contributed by atoms with E-state index in [0.717, 1.165) is 23.2 Å². The molecule has 0 aromatic heterocycles. The zero-order valence-electron chi connectivity index (χ0n) is 12.5. The molecule has 2 aromatic carbocycles. The van der Waals surface area contributed by atoms with Crippen LogP contribution in [-0.2, 0) is 11.2 Å². The number of ether oxygens (including phenoxy) is 1. The minimum absolute atomic E-state index is 0.103. The Hall–Kier alpha value is -1.71. The molecule has 0 aliphatic rings. The smallest absolute Gasteiger partial charge is 0.262 e. The van der Waals surface area contributed by atoms with Crippen molar-refractivity contribution in [1.29, 1.82) is 0 Å². The van der Waals surface area contributed by atoms with E-state index in [2.05, 4.69) is 12.2 Å². The number of anilines is 1. The van der Waals surface area contributed by atoms with Gasteiger partial charge in [0.25, 0.3) is 5.91 Å². The van der Waals surface area contributed by atoms with E-state index in [4.69, 9.17) is 27.9 Å². The zero-order chi connectivity index (χ0) is 16.1. The van der Waals surface area contributed by atoms with Gasteiger partial charge in [0.05, 0.1) is 0 Å². The first kappa shape index (κ1) is 16.7. The van der Waals surface area contributed by atoms with Gasteiger partial charge in [-0.15, -0.1) is 0 Å². The highest BCUT2D eigenvalue weighted by Gasteiger charge is 2.09. The predicted molar refractivity (Wildman–Crippen MR) is 91.1 cm³/mol. The topological polar surface area (TPSA) is 38.3 Å². The van der Waals surface area contributed by atoms with Crippen LogP contribution in [0.5, 0.6) is 5.75 Å². The van der Waals surface area contributed by atoms with Crippen LogP contribution in [-0.4, -0.2) is 12.5 Å². The lowest BCUT2D eigenvalue weighted by Crippen LogP contribution is -2.21. The standard InChI is InChI=1S/C17H17Cl2NO2/c1-3-12-6-4-5-11(2)17(12)20-16(21)10-22-15-8-13(18)7-14(19)9-15/h4-9H,3,10H2,1-2H3,(H,20,21). The van der Waals surface area contributed by atoms with E-state index in [1.807, 2.05) is 25.1 Å². The second-order valence-corrected chi connectivity index (χ2v) is 5.78. The van der Waals surface area contributed by atoms with E-state index in [1.165, 1.54) is 0 Å². The van der Waals surface area contributed by atoms with Gasteiger partial charge in [-0.1, -0.05) is 48.3 Å². The van der Waals surface area contributed by atoms with E-state index >= 15 is 0 Å². The molecule has 0 atom stereocenters. The molecule has 2 aromatic rings. The number of para-hydroxylation sites is 1. The van der Waals surface area contributed by atoms with Crippen LogP contribution in [0.2, 0.25) is 10.0 Å². The lowest BCUT2D eigenvalue weighted by molar-refractivity contribution is -0.118. The molecule has 0 fully saturated rings. The van der Waals surface area contributed by atoms with Crippen molar-refractivity contribution in [2.75, 3.05) is 11.9 Å². The first-order chi connectivity index (χ1) is 10.5. The number of rotatable bonds is 5. The highest BCUT2D eigenvalue weighted by Crippen LogP contribution is 2.24. The largest absolute Gasteiger partial charge is 0.484 e. The third-order valence-corrected chi connectivity index (χ3v) is 3.65. The number of hydrogen-bond acceptors (Lipinski definition) is 2. The summed E-state index contributed by atoms with van der Waals surface area (Å²) >= 11 is 11.8. The minimum Gasteiger partial charge on any atom is -0.484 e. The normalized spacial score (nSPS) is 10.4. The first-order valence-corrected chi connectivity index (χ1v) is 7.72. The van der Waals surface area contributed by atoms with Gasteiger partial charge in [0, 0.05) is 15.7 Å². The van der Waals surface area contributed by atoms with Gasteiger partial charge < -0.3 is 10.1 Å². The summed E-state index contributed by atoms with van der Waals surface area (Å²) in [6, 6.07) is 10.8. The molecule has 0 aliphatic carbocycles. The molecule has 116 valence electrons. The molecule has 2 rings (SSSR count). The lowest BCUT2D eigenvalue weighted by Gasteiger charge is -2.13. The van der Waals surface area contributed by atoms with Gasteiger partial charge in [-0.05, 0) is 42.7 Å². The van der Waals surface area contributed by atoms with E-state index in [1.54, 1.807) is 18.2 Å². The first-order valence-electron chi connectivity index (χ1n) is 6.97. The maximum absolute atomic E-state index is 12.1. The second kappa shape index (κ2) is 7.52. The molecule has 0 heterocycles. The summed E-state index contributed by atoms with van der Waals surface area (Å²) in [6.45, 7) is 3.91. The molecule has 0 aliphatic heterocycles. The Labute approximate surface area is 140 Å². The van der Waals surface area contributed by atoms with Gasteiger partial charge in [-0.25, -0.2) is 0 Å². The van der Waals surface area contributed by atoms with Crippen LogP contribution in [0.15, 0.2) is 36.4 Å². The molecule has 1 amide bonds. The molecule has 1 N–H and O–H groups in total. The Bertz CT molecular complexity index is 666. The van der Waals surface area contributed by atoms with Crippen LogP contribution >= 0.6 is 23.2 Å². The van der Waals surface area contributed by atoms with Crippen LogP contribution in [0.25, 0.3) is 0 Å². The van der Waals surface area contributed by atoms with Gasteiger partial charge in [-0.3, -0.25) is 4.79 Å². The van der Waals surface area contributed by atoms with Crippen molar-refractivity contribution < 1.29 is 9.53 Å². The Kier molecular flexibility index (Phi) is 5.69. The number of hydrogen-bond donors (Lipinski definition) is 1. The maximum atomic E-state index is 12.1. The fraction of sp³-hybridized carbons (Fsp3) is 0.235. The summed E-state index contributed by atoms with van der Waals surface area (Å²) in [6.07, 6.45) is 0.849. The van der Waals surface area contributed by atoms with Crippen LogP contribution < -0.4 is 10.1 Å². The fourth-order valence-electron chi connectivity index (χ4n) is 2.14. The summed E-state index contributed by atoms with van der Waals surface area (Å²) in [5, 5.41) is 3.83. The van der Waals surface area contributed by atoms with E-state index in [9.17, 15) is 4.79 Å². The number of carbonyl (C=O) groups excluding carboxylic acids is 1. The van der Waals surface area contributed by atoms with Crippen molar-refractivity contribution in [1.82, 2.24) is 0 Å². The van der Waals surface area contributed by atoms with Gasteiger partial charge in [-0.2, -0.15) is 0 Å². The quantitative estimate of drug-likeness (QED) is 0.844. The number of amides is 1. The minimum atomic E-state index is -0.222. The second-order valence-electron chi connectivity index (χ2n) is 4.90. The van der Waals surface area contributed by atoms with Crippen LogP contribution in [0.4, 0.5) is 5.69 Å². The van der Waals surface area contributed by atoms with Crippen LogP contribution in [0, 0.1) is 6.92 Å². The lowest BCUT2D eigenvalue weighted by atomic mass is 10.1. The highest BCUT2D eigenvalue weighted by atomic mass is 35.5. The van der Waals surface area contributed by atoms with Gasteiger partial charge in [0.1, 0.15) is 5.75 Å². The SMILES string of the molecule is CCc1cccc(C)c1NC(=O)COc1cc(Cl)cc(Cl)c1. The Balaban J connectivity index is 2.02. The molecule has 3 nitrogen and oxygen atoms in total. The Morgan fingerprint density at radius 1 is 1.18 bits per heavy atom. The monoisotopic (exact) mass is 337 g/mol. The maximum Gasteiger partial charge on any atom is 0.262 e. The molecule has 0 saturated heterocycles. The average Bonchev–Trinajstić information content (AvgIpc) is 2.46. The molecule has 5 heteroatoms. The molecule has 0 unspecified atom stereocenters. The molecule has 0 bridgehead atoms. The molecular weight excluding hydrogens is 321 g/mol. The zero-order valence-corrected chi connectivity index (χ0v) is 14.0. The third kappa shape index (κ3) is 4.39. The summed E-state index contributed by atoms with van der Waals surface area (Å²) in [7, 11) is 0. The van der Waals surface area contributed by atoms with Crippen molar-refractivity contribution in [3.05, 3.63) is 57.6 Å². The number of aryl methyl sites for hydroxylation is 2. The Morgan fingerprint density at radius 2 is 1.86 bits per heavy atom. The third-order valence-electron chi connectivity index (χ3n) is 3.21. The van der Waals surface area contributed by atoms with E-state index in [-0.39, 0.29) is 12.5 Å². The molecule has 0 spiro atoms. The van der Waals surface area contributed by atoms with Gasteiger partial charge >= 0.3 is 0 Å². The average molecular weight is 338 g/mol. The van der Waals surface area contributed by atoms with Crippen molar-refractivity contribution in [3.63, 3.8) is 0 Å². The van der Waals surface area contributed by atoms with Gasteiger partial charge in [0.15, 0.2) is 6.61 Å². The van der Waals surface area contributed by atoms with Gasteiger partial charge in [0.2, 0.25) is 0 Å². The molecule has 0 radical (unpaired) electrons. The van der Waals surface area contributed by atoms with Crippen molar-refractivity contribution in [2.45, 2.75) is 20.3 Å². The number of nitrogens with one attached hydrogen (secondary N) is 1. The Morgan fingerprint density at radius 3 is 2.50 bits per heavy atom. The van der Waals surface area contributed by atoms with Crippen LogP contribution in [0.3, 0.4) is 0 Å². The summed E-state index contributed by atoms with van der Waals surface area (Å²) in [4.78, 5) is 12.1.